The van der Waals surface area contributed by atoms with Crippen LogP contribution in [0.1, 0.15) is 51.9 Å². The van der Waals surface area contributed by atoms with Gasteiger partial charge in [0, 0.05) is 25.9 Å². The van der Waals surface area contributed by atoms with Gasteiger partial charge in [-0.2, -0.15) is 0 Å². The molecular formula is C15H28N2O3. The van der Waals surface area contributed by atoms with Gasteiger partial charge in [0.2, 0.25) is 5.91 Å². The first-order valence-electron chi connectivity index (χ1n) is 7.82. The Labute approximate surface area is 121 Å². The number of nitrogens with zero attached hydrogens (tertiary/aromatic N) is 1. The molecule has 1 aliphatic rings. The number of carboxylic acids is 1. The molecule has 0 aromatic heterocycles. The summed E-state index contributed by atoms with van der Waals surface area (Å²) in [5.74, 6) is -0.229. The lowest BCUT2D eigenvalue weighted by molar-refractivity contribution is -0.137. The summed E-state index contributed by atoms with van der Waals surface area (Å²) in [5, 5.41) is 11.6. The van der Waals surface area contributed by atoms with Gasteiger partial charge in [-0.3, -0.25) is 9.59 Å². The Morgan fingerprint density at radius 2 is 1.90 bits per heavy atom. The maximum atomic E-state index is 11.7. The van der Waals surface area contributed by atoms with Crippen molar-refractivity contribution in [1.29, 1.82) is 0 Å². The second-order valence-electron chi connectivity index (χ2n) is 5.64. The average molecular weight is 284 g/mol. The van der Waals surface area contributed by atoms with Crippen molar-refractivity contribution in [1.82, 2.24) is 10.2 Å². The van der Waals surface area contributed by atoms with Gasteiger partial charge in [0.05, 0.1) is 0 Å². The van der Waals surface area contributed by atoms with Crippen molar-refractivity contribution in [2.45, 2.75) is 51.9 Å². The fourth-order valence-electron chi connectivity index (χ4n) is 2.65. The number of rotatable bonds is 10. The highest BCUT2D eigenvalue weighted by molar-refractivity contribution is 5.76. The van der Waals surface area contributed by atoms with Crippen LogP contribution in [0.25, 0.3) is 0 Å². The van der Waals surface area contributed by atoms with Gasteiger partial charge in [0.15, 0.2) is 0 Å². The number of hydrogen-bond donors (Lipinski definition) is 2. The quantitative estimate of drug-likeness (QED) is 0.642. The number of carboxylic acid groups (broad SMARTS) is 1. The molecule has 0 aliphatic carbocycles. The molecule has 2 N–H and O–H groups in total. The molecule has 116 valence electrons. The van der Waals surface area contributed by atoms with E-state index in [1.807, 2.05) is 0 Å². The van der Waals surface area contributed by atoms with Crippen molar-refractivity contribution < 1.29 is 14.7 Å². The Kier molecular flexibility index (Phi) is 8.26. The van der Waals surface area contributed by atoms with Crippen LogP contribution in [0, 0.1) is 5.92 Å². The molecule has 0 saturated carbocycles. The van der Waals surface area contributed by atoms with Crippen LogP contribution in [-0.4, -0.2) is 48.1 Å². The number of hydrogen-bond acceptors (Lipinski definition) is 3. The lowest BCUT2D eigenvalue weighted by atomic mass is 9.96. The average Bonchev–Trinajstić information content (AvgIpc) is 2.93. The van der Waals surface area contributed by atoms with Crippen LogP contribution in [-0.2, 0) is 9.59 Å². The Morgan fingerprint density at radius 1 is 1.20 bits per heavy atom. The number of carbonyl (C=O) groups is 2. The number of amides is 1. The number of carbonyl (C=O) groups excluding carboxylic acids is 1. The van der Waals surface area contributed by atoms with Gasteiger partial charge in [-0.1, -0.05) is 13.3 Å². The highest BCUT2D eigenvalue weighted by Crippen LogP contribution is 2.14. The second kappa shape index (κ2) is 9.75. The third kappa shape index (κ3) is 7.48. The molecule has 0 radical (unpaired) electrons. The minimum atomic E-state index is -0.738. The number of aliphatic carboxylic acids is 1. The molecule has 1 heterocycles. The maximum Gasteiger partial charge on any atom is 0.303 e. The summed E-state index contributed by atoms with van der Waals surface area (Å²) in [6.45, 7) is 5.85. The van der Waals surface area contributed by atoms with E-state index < -0.39 is 5.97 Å². The molecule has 1 fully saturated rings. The van der Waals surface area contributed by atoms with Crippen LogP contribution < -0.4 is 5.32 Å². The molecule has 0 spiro atoms. The summed E-state index contributed by atoms with van der Waals surface area (Å²) in [5.41, 5.74) is 0. The first-order valence-corrected chi connectivity index (χ1v) is 7.82. The lowest BCUT2D eigenvalue weighted by Crippen LogP contribution is -2.30. The summed E-state index contributed by atoms with van der Waals surface area (Å²) < 4.78 is 0. The topological polar surface area (TPSA) is 69.6 Å². The molecule has 20 heavy (non-hydrogen) atoms. The third-order valence-corrected chi connectivity index (χ3v) is 4.07. The maximum absolute atomic E-state index is 11.7. The van der Waals surface area contributed by atoms with Gasteiger partial charge in [-0.05, 0) is 44.7 Å². The minimum Gasteiger partial charge on any atom is -0.481 e. The SMILES string of the molecule is CCC(CCNC(=O)CCN1CCCC1)CCC(=O)O. The number of nitrogens with one attached hydrogen (secondary N) is 1. The van der Waals surface area contributed by atoms with Crippen molar-refractivity contribution in [3.8, 4) is 0 Å². The highest BCUT2D eigenvalue weighted by Gasteiger charge is 2.13. The summed E-state index contributed by atoms with van der Waals surface area (Å²) in [7, 11) is 0. The molecule has 1 aliphatic heterocycles. The summed E-state index contributed by atoms with van der Waals surface area (Å²) in [6, 6.07) is 0. The zero-order chi connectivity index (χ0) is 14.8. The van der Waals surface area contributed by atoms with E-state index >= 15 is 0 Å². The summed E-state index contributed by atoms with van der Waals surface area (Å²) in [4.78, 5) is 24.6. The first kappa shape index (κ1) is 17.0. The van der Waals surface area contributed by atoms with Crippen LogP contribution in [0.5, 0.6) is 0 Å². The fourth-order valence-corrected chi connectivity index (χ4v) is 2.65. The van der Waals surface area contributed by atoms with Gasteiger partial charge in [-0.15, -0.1) is 0 Å². The molecule has 1 unspecified atom stereocenters. The lowest BCUT2D eigenvalue weighted by Gasteiger charge is -2.16. The van der Waals surface area contributed by atoms with E-state index in [0.717, 1.165) is 32.5 Å². The van der Waals surface area contributed by atoms with E-state index in [-0.39, 0.29) is 12.3 Å². The van der Waals surface area contributed by atoms with Crippen molar-refractivity contribution in [3.63, 3.8) is 0 Å². The van der Waals surface area contributed by atoms with Crippen molar-refractivity contribution in [2.24, 2.45) is 5.92 Å². The van der Waals surface area contributed by atoms with E-state index in [1.165, 1.54) is 12.8 Å². The van der Waals surface area contributed by atoms with Gasteiger partial charge >= 0.3 is 5.97 Å². The largest absolute Gasteiger partial charge is 0.481 e. The van der Waals surface area contributed by atoms with Crippen molar-refractivity contribution in [3.05, 3.63) is 0 Å². The van der Waals surface area contributed by atoms with Crippen molar-refractivity contribution >= 4 is 11.9 Å². The monoisotopic (exact) mass is 284 g/mol. The predicted molar refractivity (Wildman–Crippen MR) is 78.6 cm³/mol. The highest BCUT2D eigenvalue weighted by atomic mass is 16.4. The summed E-state index contributed by atoms with van der Waals surface area (Å²) in [6.07, 6.45) is 5.85. The van der Waals surface area contributed by atoms with Crippen LogP contribution in [0.2, 0.25) is 0 Å². The van der Waals surface area contributed by atoms with Crippen LogP contribution in [0.15, 0.2) is 0 Å². The molecule has 0 aromatic rings. The zero-order valence-corrected chi connectivity index (χ0v) is 12.6. The second-order valence-corrected chi connectivity index (χ2v) is 5.64. The van der Waals surface area contributed by atoms with Crippen LogP contribution in [0.4, 0.5) is 0 Å². The molecule has 5 nitrogen and oxygen atoms in total. The molecule has 1 saturated heterocycles. The Hall–Kier alpha value is -1.10. The summed E-state index contributed by atoms with van der Waals surface area (Å²) >= 11 is 0. The molecule has 1 amide bonds. The Bertz CT molecular complexity index is 301. The van der Waals surface area contributed by atoms with Gasteiger partial charge in [-0.25, -0.2) is 0 Å². The number of likely N-dealkylation sites (tertiary alicyclic amines) is 1. The van der Waals surface area contributed by atoms with E-state index in [4.69, 9.17) is 5.11 Å². The van der Waals surface area contributed by atoms with Gasteiger partial charge in [0.1, 0.15) is 0 Å². The van der Waals surface area contributed by atoms with Gasteiger partial charge in [0.25, 0.3) is 0 Å². The van der Waals surface area contributed by atoms with Crippen LogP contribution >= 0.6 is 0 Å². The first-order chi connectivity index (χ1) is 9.61. The molecule has 0 bridgehead atoms. The van der Waals surface area contributed by atoms with Crippen LogP contribution in [0.3, 0.4) is 0 Å². The third-order valence-electron chi connectivity index (χ3n) is 4.07. The minimum absolute atomic E-state index is 0.116. The fraction of sp³-hybridized carbons (Fsp3) is 0.867. The molecular weight excluding hydrogens is 256 g/mol. The van der Waals surface area contributed by atoms with E-state index in [2.05, 4.69) is 17.1 Å². The van der Waals surface area contributed by atoms with Crippen molar-refractivity contribution in [2.75, 3.05) is 26.2 Å². The van der Waals surface area contributed by atoms with Gasteiger partial charge < -0.3 is 15.3 Å². The molecule has 1 rings (SSSR count). The molecule has 0 aromatic carbocycles. The Morgan fingerprint density at radius 3 is 2.50 bits per heavy atom. The van der Waals surface area contributed by atoms with E-state index in [9.17, 15) is 9.59 Å². The molecule has 5 heteroatoms. The Balaban J connectivity index is 2.05. The predicted octanol–water partition coefficient (Wildman–Crippen LogP) is 1.87. The zero-order valence-electron chi connectivity index (χ0n) is 12.6. The smallest absolute Gasteiger partial charge is 0.303 e. The standard InChI is InChI=1S/C15H28N2O3/c1-2-13(5-6-15(19)20)7-9-16-14(18)8-12-17-10-3-4-11-17/h13H,2-12H2,1H3,(H,16,18)(H,19,20). The normalized spacial score (nSPS) is 17.1. The van der Waals surface area contributed by atoms with E-state index in [1.54, 1.807) is 0 Å². The van der Waals surface area contributed by atoms with E-state index in [0.29, 0.717) is 25.3 Å². The molecule has 1 atom stereocenters.